The van der Waals surface area contributed by atoms with Gasteiger partial charge in [0.2, 0.25) is 0 Å². The van der Waals surface area contributed by atoms with Crippen molar-refractivity contribution in [2.75, 3.05) is 11.4 Å². The van der Waals surface area contributed by atoms with Crippen LogP contribution in [0.1, 0.15) is 32.7 Å². The molecule has 6 nitrogen and oxygen atoms in total. The van der Waals surface area contributed by atoms with E-state index in [-0.39, 0.29) is 11.5 Å². The van der Waals surface area contributed by atoms with Crippen molar-refractivity contribution < 1.29 is 14.7 Å². The van der Waals surface area contributed by atoms with Gasteiger partial charge in [-0.15, -0.1) is 0 Å². The Morgan fingerprint density at radius 3 is 2.90 bits per heavy atom. The molecule has 0 aliphatic carbocycles. The topological polar surface area (TPSA) is 86.3 Å². The maximum Gasteiger partial charge on any atom is 0.336 e. The third kappa shape index (κ3) is 1.95. The molecule has 0 spiro atoms. The Morgan fingerprint density at radius 2 is 2.20 bits per heavy atom. The smallest absolute Gasteiger partial charge is 0.336 e. The van der Waals surface area contributed by atoms with Crippen LogP contribution in [0.3, 0.4) is 0 Å². The van der Waals surface area contributed by atoms with Crippen LogP contribution in [0.4, 0.5) is 5.69 Å². The van der Waals surface area contributed by atoms with Crippen LogP contribution in [0, 0.1) is 0 Å². The highest BCUT2D eigenvalue weighted by molar-refractivity contribution is 6.07. The number of H-pyrrole nitrogens is 1. The first-order chi connectivity index (χ1) is 9.68. The number of nitrogens with zero attached hydrogens (tertiary/aromatic N) is 2. The number of fused-ring (bicyclic) bond motifs is 1. The van der Waals surface area contributed by atoms with E-state index < -0.39 is 5.97 Å². The summed E-state index contributed by atoms with van der Waals surface area (Å²) in [6.07, 6.45) is 4.43. The maximum atomic E-state index is 12.4. The Morgan fingerprint density at radius 1 is 1.35 bits per heavy atom. The zero-order valence-corrected chi connectivity index (χ0v) is 10.7. The highest BCUT2D eigenvalue weighted by Gasteiger charge is 2.26. The van der Waals surface area contributed by atoms with E-state index in [4.69, 9.17) is 0 Å². The average molecular weight is 271 g/mol. The molecular weight excluding hydrogens is 258 g/mol. The lowest BCUT2D eigenvalue weighted by Gasteiger charge is -2.30. The molecule has 6 heteroatoms. The van der Waals surface area contributed by atoms with Gasteiger partial charge < -0.3 is 10.0 Å². The highest BCUT2D eigenvalue weighted by atomic mass is 16.4. The van der Waals surface area contributed by atoms with Crippen LogP contribution in [0.15, 0.2) is 30.6 Å². The van der Waals surface area contributed by atoms with Crippen LogP contribution >= 0.6 is 0 Å². The minimum absolute atomic E-state index is 0.165. The van der Waals surface area contributed by atoms with Crippen molar-refractivity contribution in [3.05, 3.63) is 47.3 Å². The van der Waals surface area contributed by atoms with E-state index in [9.17, 15) is 14.7 Å². The Hall–Kier alpha value is -2.63. The number of carbonyl (C=O) groups is 2. The SMILES string of the molecule is O=C(O)c1cccc2c1CCCN2C(=O)c1cn[nH]c1. The molecule has 1 aliphatic rings. The fraction of sp³-hybridized carbons (Fsp3) is 0.214. The van der Waals surface area contributed by atoms with Crippen molar-refractivity contribution in [1.82, 2.24) is 10.2 Å². The van der Waals surface area contributed by atoms with E-state index >= 15 is 0 Å². The lowest BCUT2D eigenvalue weighted by Crippen LogP contribution is -2.35. The zero-order chi connectivity index (χ0) is 14.1. The molecule has 0 fully saturated rings. The summed E-state index contributed by atoms with van der Waals surface area (Å²) >= 11 is 0. The molecule has 102 valence electrons. The number of carboxylic acids is 1. The number of hydrogen-bond acceptors (Lipinski definition) is 3. The van der Waals surface area contributed by atoms with E-state index in [0.29, 0.717) is 24.2 Å². The molecule has 2 N–H and O–H groups in total. The van der Waals surface area contributed by atoms with Crippen molar-refractivity contribution in [3.8, 4) is 0 Å². The van der Waals surface area contributed by atoms with Gasteiger partial charge in [0.05, 0.1) is 17.3 Å². The monoisotopic (exact) mass is 271 g/mol. The van der Waals surface area contributed by atoms with Crippen molar-refractivity contribution in [1.29, 1.82) is 0 Å². The number of nitrogens with one attached hydrogen (secondary N) is 1. The van der Waals surface area contributed by atoms with E-state index in [2.05, 4.69) is 10.2 Å². The number of anilines is 1. The summed E-state index contributed by atoms with van der Waals surface area (Å²) in [5.74, 6) is -1.12. The number of carbonyl (C=O) groups excluding carboxylic acids is 1. The second-order valence-electron chi connectivity index (χ2n) is 4.66. The summed E-state index contributed by atoms with van der Waals surface area (Å²) in [7, 11) is 0. The number of hydrogen-bond donors (Lipinski definition) is 2. The van der Waals surface area contributed by atoms with Crippen molar-refractivity contribution in [2.24, 2.45) is 0 Å². The van der Waals surface area contributed by atoms with Gasteiger partial charge in [-0.05, 0) is 30.5 Å². The molecule has 0 unspecified atom stereocenters. The van der Waals surface area contributed by atoms with Gasteiger partial charge in [0.25, 0.3) is 5.91 Å². The molecule has 1 aromatic heterocycles. The second-order valence-corrected chi connectivity index (χ2v) is 4.66. The summed E-state index contributed by atoms with van der Waals surface area (Å²) in [4.78, 5) is 25.3. The number of rotatable bonds is 2. The van der Waals surface area contributed by atoms with E-state index in [1.165, 1.54) is 12.4 Å². The normalized spacial score (nSPS) is 13.9. The molecule has 0 bridgehead atoms. The number of aromatic carboxylic acids is 1. The van der Waals surface area contributed by atoms with Crippen molar-refractivity contribution in [3.63, 3.8) is 0 Å². The number of benzene rings is 1. The van der Waals surface area contributed by atoms with Crippen LogP contribution in [-0.4, -0.2) is 33.7 Å². The lowest BCUT2D eigenvalue weighted by atomic mass is 9.96. The number of aromatic nitrogens is 2. The molecule has 1 aliphatic heterocycles. The molecule has 20 heavy (non-hydrogen) atoms. The van der Waals surface area contributed by atoms with Gasteiger partial charge in [0.15, 0.2) is 0 Å². The van der Waals surface area contributed by atoms with Gasteiger partial charge in [-0.2, -0.15) is 5.10 Å². The standard InChI is InChI=1S/C14H13N3O3/c18-13(9-7-15-16-8-9)17-6-2-4-10-11(14(19)20)3-1-5-12(10)17/h1,3,5,7-8H,2,4,6H2,(H,15,16)(H,19,20). The van der Waals surface area contributed by atoms with E-state index in [1.54, 1.807) is 23.1 Å². The summed E-state index contributed by atoms with van der Waals surface area (Å²) in [6, 6.07) is 5.04. The van der Waals surface area contributed by atoms with Crippen molar-refractivity contribution in [2.45, 2.75) is 12.8 Å². The molecule has 0 atom stereocenters. The molecule has 1 aromatic carbocycles. The Kier molecular flexibility index (Phi) is 2.98. The molecule has 0 saturated carbocycles. The molecule has 3 rings (SSSR count). The van der Waals surface area contributed by atoms with Gasteiger partial charge in [-0.1, -0.05) is 6.07 Å². The van der Waals surface area contributed by atoms with Gasteiger partial charge in [-0.25, -0.2) is 4.79 Å². The van der Waals surface area contributed by atoms with Crippen LogP contribution in [-0.2, 0) is 6.42 Å². The second kappa shape index (κ2) is 4.80. The van der Waals surface area contributed by atoms with E-state index in [0.717, 1.165) is 12.0 Å². The first kappa shape index (κ1) is 12.4. The van der Waals surface area contributed by atoms with Gasteiger partial charge in [-0.3, -0.25) is 9.89 Å². The number of carboxylic acid groups (broad SMARTS) is 1. The summed E-state index contributed by atoms with van der Waals surface area (Å²) < 4.78 is 0. The fourth-order valence-electron chi connectivity index (χ4n) is 2.56. The molecule has 1 amide bonds. The minimum atomic E-state index is -0.959. The average Bonchev–Trinajstić information content (AvgIpc) is 2.99. The first-order valence-corrected chi connectivity index (χ1v) is 6.34. The molecule has 0 radical (unpaired) electrons. The highest BCUT2D eigenvalue weighted by Crippen LogP contribution is 2.30. The van der Waals surface area contributed by atoms with Gasteiger partial charge >= 0.3 is 5.97 Å². The summed E-state index contributed by atoms with van der Waals surface area (Å²) in [5.41, 5.74) is 2.15. The predicted molar refractivity (Wildman–Crippen MR) is 72.0 cm³/mol. The third-order valence-corrected chi connectivity index (χ3v) is 3.47. The molecule has 2 aromatic rings. The molecule has 0 saturated heterocycles. The van der Waals surface area contributed by atoms with Crippen LogP contribution < -0.4 is 4.90 Å². The third-order valence-electron chi connectivity index (χ3n) is 3.47. The summed E-state index contributed by atoms with van der Waals surface area (Å²) in [5, 5.41) is 15.6. The zero-order valence-electron chi connectivity index (χ0n) is 10.7. The Balaban J connectivity index is 2.05. The minimum Gasteiger partial charge on any atom is -0.478 e. The number of amides is 1. The lowest BCUT2D eigenvalue weighted by molar-refractivity contribution is 0.0695. The van der Waals surface area contributed by atoms with Crippen LogP contribution in [0.5, 0.6) is 0 Å². The van der Waals surface area contributed by atoms with Crippen LogP contribution in [0.2, 0.25) is 0 Å². The maximum absolute atomic E-state index is 12.4. The first-order valence-electron chi connectivity index (χ1n) is 6.34. The van der Waals surface area contributed by atoms with Gasteiger partial charge in [0, 0.05) is 18.4 Å². The largest absolute Gasteiger partial charge is 0.478 e. The van der Waals surface area contributed by atoms with Crippen LogP contribution in [0.25, 0.3) is 0 Å². The molecule has 2 heterocycles. The molecular formula is C14H13N3O3. The fourth-order valence-corrected chi connectivity index (χ4v) is 2.56. The Labute approximate surface area is 115 Å². The predicted octanol–water partition coefficient (Wildman–Crippen LogP) is 1.70. The van der Waals surface area contributed by atoms with Gasteiger partial charge in [0.1, 0.15) is 0 Å². The number of aromatic amines is 1. The summed E-state index contributed by atoms with van der Waals surface area (Å²) in [6.45, 7) is 0.583. The Bertz CT molecular complexity index is 664. The quantitative estimate of drug-likeness (QED) is 0.870. The van der Waals surface area contributed by atoms with Crippen molar-refractivity contribution >= 4 is 17.6 Å². The van der Waals surface area contributed by atoms with E-state index in [1.807, 2.05) is 0 Å².